The summed E-state index contributed by atoms with van der Waals surface area (Å²) in [7, 11) is 0. The fraction of sp³-hybridized carbons (Fsp3) is 0.250. The molecule has 3 aromatic rings. The van der Waals surface area contributed by atoms with Crippen molar-refractivity contribution in [3.63, 3.8) is 0 Å². The maximum absolute atomic E-state index is 12.9. The first-order chi connectivity index (χ1) is 11.0. The molecule has 1 unspecified atom stereocenters. The van der Waals surface area contributed by atoms with Crippen molar-refractivity contribution in [3.8, 4) is 0 Å². The highest BCUT2D eigenvalue weighted by atomic mass is 35.5. The van der Waals surface area contributed by atoms with Crippen LogP contribution in [0.2, 0.25) is 10.0 Å². The number of halogens is 2. The molecule has 23 heavy (non-hydrogen) atoms. The smallest absolute Gasteiger partial charge is 0.275 e. The van der Waals surface area contributed by atoms with Gasteiger partial charge in [0, 0.05) is 31.2 Å². The highest BCUT2D eigenvalue weighted by molar-refractivity contribution is 6.36. The molecule has 0 aliphatic carbocycles. The Morgan fingerprint density at radius 2 is 2.13 bits per heavy atom. The lowest BCUT2D eigenvalue weighted by Crippen LogP contribution is -2.40. The first kappa shape index (κ1) is 14.6. The summed E-state index contributed by atoms with van der Waals surface area (Å²) >= 11 is 12.2. The van der Waals surface area contributed by atoms with E-state index in [0.29, 0.717) is 27.8 Å². The number of aromatic nitrogens is 3. The largest absolute Gasteiger partial charge is 0.348 e. The van der Waals surface area contributed by atoms with Crippen LogP contribution in [-0.4, -0.2) is 31.5 Å². The van der Waals surface area contributed by atoms with Crippen LogP contribution in [0.5, 0.6) is 0 Å². The summed E-state index contributed by atoms with van der Waals surface area (Å²) in [5.41, 5.74) is 2.18. The van der Waals surface area contributed by atoms with Crippen LogP contribution in [0.25, 0.3) is 5.52 Å². The van der Waals surface area contributed by atoms with E-state index in [2.05, 4.69) is 9.67 Å². The predicted molar refractivity (Wildman–Crippen MR) is 89.1 cm³/mol. The fourth-order valence-electron chi connectivity index (χ4n) is 3.13. The molecule has 1 amide bonds. The van der Waals surface area contributed by atoms with Crippen LogP contribution < -0.4 is 0 Å². The minimum Gasteiger partial charge on any atom is -0.348 e. The van der Waals surface area contributed by atoms with Crippen LogP contribution in [0.4, 0.5) is 0 Å². The molecule has 0 fully saturated rings. The maximum atomic E-state index is 12.9. The molecule has 0 saturated heterocycles. The normalized spacial score (nSPS) is 17.5. The van der Waals surface area contributed by atoms with E-state index in [1.807, 2.05) is 30.2 Å². The van der Waals surface area contributed by atoms with Crippen molar-refractivity contribution in [1.82, 2.24) is 19.1 Å². The van der Waals surface area contributed by atoms with Crippen LogP contribution in [0.15, 0.2) is 36.7 Å². The van der Waals surface area contributed by atoms with Crippen LogP contribution >= 0.6 is 23.2 Å². The number of carbonyl (C=O) groups excluding carboxylic acids is 1. The number of fused-ring (bicyclic) bond motifs is 2. The number of rotatable bonds is 1. The number of pyridine rings is 1. The minimum atomic E-state index is -0.0964. The molecule has 5 nitrogen and oxygen atoms in total. The molecule has 1 aliphatic rings. The summed E-state index contributed by atoms with van der Waals surface area (Å²) in [6.45, 7) is 3.48. The second kappa shape index (κ2) is 5.28. The van der Waals surface area contributed by atoms with Crippen LogP contribution in [0, 0.1) is 0 Å². The monoisotopic (exact) mass is 348 g/mol. The van der Waals surface area contributed by atoms with Gasteiger partial charge in [0.15, 0.2) is 5.69 Å². The second-order valence-electron chi connectivity index (χ2n) is 5.67. The van der Waals surface area contributed by atoms with Crippen molar-refractivity contribution in [3.05, 3.63) is 58.1 Å². The zero-order valence-corrected chi connectivity index (χ0v) is 13.9. The Kier molecular flexibility index (Phi) is 3.36. The highest BCUT2D eigenvalue weighted by Gasteiger charge is 2.29. The summed E-state index contributed by atoms with van der Waals surface area (Å²) in [5, 5.41) is 5.29. The summed E-state index contributed by atoms with van der Waals surface area (Å²) in [6.07, 6.45) is 3.69. The molecule has 118 valence electrons. The van der Waals surface area contributed by atoms with Crippen LogP contribution in [-0.2, 0) is 6.54 Å². The third-order valence-electron chi connectivity index (χ3n) is 4.31. The summed E-state index contributed by atoms with van der Waals surface area (Å²) in [5.74, 6) is -0.0964. The maximum Gasteiger partial charge on any atom is 0.275 e. The average Bonchev–Trinajstić information content (AvgIpc) is 3.13. The van der Waals surface area contributed by atoms with E-state index in [4.69, 9.17) is 23.2 Å². The molecule has 4 heterocycles. The molecule has 3 aromatic heterocycles. The highest BCUT2D eigenvalue weighted by Crippen LogP contribution is 2.28. The van der Waals surface area contributed by atoms with Crippen molar-refractivity contribution in [1.29, 1.82) is 0 Å². The van der Waals surface area contributed by atoms with Gasteiger partial charge in [0.25, 0.3) is 5.91 Å². The Morgan fingerprint density at radius 1 is 1.30 bits per heavy atom. The summed E-state index contributed by atoms with van der Waals surface area (Å²) in [6, 6.07) is 7.42. The number of amides is 1. The third-order valence-corrected chi connectivity index (χ3v) is 4.82. The quantitative estimate of drug-likeness (QED) is 0.673. The summed E-state index contributed by atoms with van der Waals surface area (Å²) < 4.78 is 3.73. The predicted octanol–water partition coefficient (Wildman–Crippen LogP) is 3.66. The van der Waals surface area contributed by atoms with Gasteiger partial charge in [0.1, 0.15) is 0 Å². The molecule has 0 radical (unpaired) electrons. The van der Waals surface area contributed by atoms with E-state index >= 15 is 0 Å². The van der Waals surface area contributed by atoms with Gasteiger partial charge in [-0.2, -0.15) is 5.10 Å². The first-order valence-electron chi connectivity index (χ1n) is 7.35. The zero-order valence-electron chi connectivity index (χ0n) is 12.4. The number of hydrogen-bond donors (Lipinski definition) is 0. The van der Waals surface area contributed by atoms with E-state index < -0.39 is 0 Å². The van der Waals surface area contributed by atoms with Gasteiger partial charge in [-0.1, -0.05) is 23.2 Å². The topological polar surface area (TPSA) is 42.5 Å². The molecule has 1 atom stereocenters. The van der Waals surface area contributed by atoms with Gasteiger partial charge in [0.2, 0.25) is 0 Å². The Hall–Kier alpha value is -1.98. The van der Waals surface area contributed by atoms with Crippen molar-refractivity contribution in [2.45, 2.75) is 19.5 Å². The molecule has 0 saturated carbocycles. The van der Waals surface area contributed by atoms with Gasteiger partial charge in [0.05, 0.1) is 21.6 Å². The van der Waals surface area contributed by atoms with E-state index in [0.717, 1.165) is 12.2 Å². The Bertz CT molecular complexity index is 914. The standard InChI is InChI=1S/C16H14Cl2N4O/c1-10-14-3-2-4-20(14)5-6-21(10)16(23)13-8-15-12(18)7-11(17)9-22(15)19-13/h2-4,7-10H,5-6H2,1H3. The van der Waals surface area contributed by atoms with E-state index in [1.54, 1.807) is 22.8 Å². The van der Waals surface area contributed by atoms with Crippen molar-refractivity contribution >= 4 is 34.6 Å². The van der Waals surface area contributed by atoms with Crippen LogP contribution in [0.3, 0.4) is 0 Å². The Balaban J connectivity index is 1.71. The molecule has 0 spiro atoms. The molecular formula is C16H14Cl2N4O. The lowest BCUT2D eigenvalue weighted by Gasteiger charge is -2.34. The van der Waals surface area contributed by atoms with Gasteiger partial charge in [-0.25, -0.2) is 4.52 Å². The molecular weight excluding hydrogens is 335 g/mol. The minimum absolute atomic E-state index is 0.00937. The average molecular weight is 349 g/mol. The summed E-state index contributed by atoms with van der Waals surface area (Å²) in [4.78, 5) is 14.7. The SMILES string of the molecule is CC1c2cccn2CCN1C(=O)c1cc2c(Cl)cc(Cl)cn2n1. The zero-order chi connectivity index (χ0) is 16.1. The van der Waals surface area contributed by atoms with E-state index in [1.165, 1.54) is 0 Å². The van der Waals surface area contributed by atoms with Gasteiger partial charge in [-0.15, -0.1) is 0 Å². The van der Waals surface area contributed by atoms with Crippen LogP contribution in [0.1, 0.15) is 29.1 Å². The van der Waals surface area contributed by atoms with Crippen molar-refractivity contribution in [2.24, 2.45) is 0 Å². The Labute approximate surface area is 143 Å². The van der Waals surface area contributed by atoms with Crippen molar-refractivity contribution in [2.75, 3.05) is 6.54 Å². The van der Waals surface area contributed by atoms with Gasteiger partial charge in [-0.3, -0.25) is 4.79 Å². The van der Waals surface area contributed by atoms with Gasteiger partial charge >= 0.3 is 0 Å². The molecule has 0 aromatic carbocycles. The lowest BCUT2D eigenvalue weighted by molar-refractivity contribution is 0.0637. The van der Waals surface area contributed by atoms with Gasteiger partial charge in [-0.05, 0) is 31.2 Å². The third kappa shape index (κ3) is 2.31. The van der Waals surface area contributed by atoms with E-state index in [-0.39, 0.29) is 11.9 Å². The Morgan fingerprint density at radius 3 is 2.96 bits per heavy atom. The second-order valence-corrected chi connectivity index (χ2v) is 6.51. The first-order valence-corrected chi connectivity index (χ1v) is 8.10. The molecule has 1 aliphatic heterocycles. The number of hydrogen-bond acceptors (Lipinski definition) is 2. The molecule has 4 rings (SSSR count). The van der Waals surface area contributed by atoms with Gasteiger partial charge < -0.3 is 9.47 Å². The number of carbonyl (C=O) groups is 1. The van der Waals surface area contributed by atoms with Crippen molar-refractivity contribution < 1.29 is 4.79 Å². The number of nitrogens with zero attached hydrogens (tertiary/aromatic N) is 4. The van der Waals surface area contributed by atoms with E-state index in [9.17, 15) is 4.79 Å². The lowest BCUT2D eigenvalue weighted by atomic mass is 10.1. The molecule has 7 heteroatoms. The fourth-order valence-corrected chi connectivity index (χ4v) is 3.64. The molecule has 0 bridgehead atoms. The molecule has 0 N–H and O–H groups in total.